The maximum atomic E-state index is 9.99. The highest BCUT2D eigenvalue weighted by Gasteiger charge is 2.07. The van der Waals surface area contributed by atoms with Gasteiger partial charge >= 0.3 is 0 Å². The Hall–Kier alpha value is -1.26. The third-order valence-electron chi connectivity index (χ3n) is 0.646. The summed E-state index contributed by atoms with van der Waals surface area (Å²) in [6, 6.07) is 0. The molecule has 0 saturated carbocycles. The number of amides is 1. The van der Waals surface area contributed by atoms with E-state index in [1.807, 2.05) is 0 Å². The molecule has 0 aliphatic heterocycles. The lowest BCUT2D eigenvalue weighted by molar-refractivity contribution is -0.125. The zero-order valence-corrected chi connectivity index (χ0v) is 4.56. The molecule has 3 N–H and O–H groups in total. The number of aliphatic hydroxyl groups excluding tert-OH is 1. The quantitative estimate of drug-likeness (QED) is 0.294. The molecule has 0 aromatic heterocycles. The molecule has 0 saturated heterocycles. The van der Waals surface area contributed by atoms with Gasteiger partial charge in [-0.3, -0.25) is 4.79 Å². The Morgan fingerprint density at radius 2 is 2.56 bits per heavy atom. The molecular weight excluding hydrogens is 124 g/mol. The molecule has 1 amide bonds. The summed E-state index contributed by atoms with van der Waals surface area (Å²) in [5, 5.41) is 11.4. The van der Waals surface area contributed by atoms with Gasteiger partial charge in [-0.25, -0.2) is 0 Å². The summed E-state index contributed by atoms with van der Waals surface area (Å²) in [4.78, 5) is 12.3. The van der Waals surface area contributed by atoms with E-state index in [-0.39, 0.29) is 6.54 Å². The van der Waals surface area contributed by atoms with E-state index in [0.717, 1.165) is 0 Å². The smallest absolute Gasteiger partial charge is 0.246 e. The van der Waals surface area contributed by atoms with Gasteiger partial charge in [-0.15, -0.1) is 0 Å². The van der Waals surface area contributed by atoms with Crippen molar-refractivity contribution in [3.8, 4) is 0 Å². The summed E-state index contributed by atoms with van der Waals surface area (Å²) in [6.07, 6.45) is -1.36. The van der Waals surface area contributed by atoms with Crippen LogP contribution in [-0.4, -0.2) is 23.7 Å². The zero-order chi connectivity index (χ0) is 7.28. The van der Waals surface area contributed by atoms with E-state index in [0.29, 0.717) is 0 Å². The van der Waals surface area contributed by atoms with Gasteiger partial charge in [-0.05, 0) is 5.53 Å². The zero-order valence-electron chi connectivity index (χ0n) is 4.56. The summed E-state index contributed by atoms with van der Waals surface area (Å²) in [7, 11) is 0. The molecule has 1 atom stereocenters. The monoisotopic (exact) mass is 130 g/mol. The Kier molecular flexibility index (Phi) is 3.19. The van der Waals surface area contributed by atoms with Crippen LogP contribution in [0.4, 0.5) is 0 Å². The average molecular weight is 130 g/mol. The lowest BCUT2D eigenvalue weighted by Gasteiger charge is -1.97. The Morgan fingerprint density at radius 3 is 2.89 bits per heavy atom. The second-order valence-corrected chi connectivity index (χ2v) is 1.33. The molecule has 50 valence electrons. The highest BCUT2D eigenvalue weighted by atomic mass is 16.3. The number of carbonyl (C=O) groups is 1. The molecule has 9 heavy (non-hydrogen) atoms. The molecule has 0 heterocycles. The number of carbonyl (C=O) groups excluding carboxylic acids is 1. The van der Waals surface area contributed by atoms with E-state index in [1.165, 1.54) is 0 Å². The molecule has 0 rings (SSSR count). The van der Waals surface area contributed by atoms with Crippen molar-refractivity contribution in [2.45, 2.75) is 6.10 Å². The predicted molar refractivity (Wildman–Crippen MR) is 29.2 cm³/mol. The summed E-state index contributed by atoms with van der Waals surface area (Å²) in [5.74, 6) is -0.887. The van der Waals surface area contributed by atoms with Crippen molar-refractivity contribution in [1.82, 2.24) is 0 Å². The van der Waals surface area contributed by atoms with Crippen molar-refractivity contribution in [1.29, 1.82) is 0 Å². The van der Waals surface area contributed by atoms with Crippen molar-refractivity contribution in [2.24, 2.45) is 10.8 Å². The maximum absolute atomic E-state index is 9.99. The molecule has 0 aliphatic rings. The van der Waals surface area contributed by atoms with Gasteiger partial charge in [-0.2, -0.15) is 0 Å². The molecule has 0 fully saturated rings. The van der Waals surface area contributed by atoms with E-state index in [4.69, 9.17) is 10.6 Å². The van der Waals surface area contributed by atoms with Crippen LogP contribution in [0.5, 0.6) is 0 Å². The van der Waals surface area contributed by atoms with Crippen molar-refractivity contribution < 1.29 is 9.90 Å². The lowest BCUT2D eigenvalue weighted by Crippen LogP contribution is -2.30. The van der Waals surface area contributed by atoms with Gasteiger partial charge in [0.05, 0.1) is 6.54 Å². The van der Waals surface area contributed by atoms with Crippen LogP contribution < -0.4 is 5.73 Å². The van der Waals surface area contributed by atoms with Crippen LogP contribution in [0.1, 0.15) is 0 Å². The number of azide groups is 1. The fourth-order valence-electron chi connectivity index (χ4n) is 0.204. The molecule has 6 heteroatoms. The normalized spacial score (nSPS) is 11.7. The van der Waals surface area contributed by atoms with Crippen molar-refractivity contribution >= 4 is 5.91 Å². The van der Waals surface area contributed by atoms with Crippen LogP contribution in [0, 0.1) is 0 Å². The van der Waals surface area contributed by atoms with Crippen molar-refractivity contribution in [3.05, 3.63) is 10.4 Å². The van der Waals surface area contributed by atoms with Crippen LogP contribution in [0.15, 0.2) is 5.11 Å². The first-order valence-corrected chi connectivity index (χ1v) is 2.16. The van der Waals surface area contributed by atoms with Crippen LogP contribution in [-0.2, 0) is 4.79 Å². The Balaban J connectivity index is 3.63. The van der Waals surface area contributed by atoms with Gasteiger partial charge in [0.25, 0.3) is 0 Å². The fourth-order valence-corrected chi connectivity index (χ4v) is 0.204. The summed E-state index contributed by atoms with van der Waals surface area (Å²) in [6.45, 7) is -0.300. The topological polar surface area (TPSA) is 112 Å². The van der Waals surface area contributed by atoms with Crippen LogP contribution in [0.25, 0.3) is 10.4 Å². The van der Waals surface area contributed by atoms with Crippen LogP contribution in [0.2, 0.25) is 0 Å². The SMILES string of the molecule is [N-]=[N+]=NCC(O)C(N)=O. The van der Waals surface area contributed by atoms with Gasteiger partial charge in [0.2, 0.25) is 5.91 Å². The fraction of sp³-hybridized carbons (Fsp3) is 0.667. The number of nitrogens with two attached hydrogens (primary N) is 1. The minimum absolute atomic E-state index is 0.300. The predicted octanol–water partition coefficient (Wildman–Crippen LogP) is -0.857. The van der Waals surface area contributed by atoms with Crippen molar-refractivity contribution in [2.75, 3.05) is 6.54 Å². The standard InChI is InChI=1S/C3H6N4O2/c4-3(9)2(8)1-6-7-5/h2,8H,1H2,(H2,4,9). The Morgan fingerprint density at radius 1 is 2.00 bits per heavy atom. The molecule has 1 unspecified atom stereocenters. The number of hydrogen-bond donors (Lipinski definition) is 2. The van der Waals surface area contributed by atoms with E-state index >= 15 is 0 Å². The molecule has 0 aromatic rings. The summed E-state index contributed by atoms with van der Waals surface area (Å²) >= 11 is 0. The molecule has 0 bridgehead atoms. The number of rotatable bonds is 3. The van der Waals surface area contributed by atoms with E-state index in [2.05, 4.69) is 15.8 Å². The Bertz CT molecular complexity index is 150. The second-order valence-electron chi connectivity index (χ2n) is 1.33. The third kappa shape index (κ3) is 3.33. The molecular formula is C3H6N4O2. The first kappa shape index (κ1) is 7.74. The number of hydrogen-bond acceptors (Lipinski definition) is 3. The summed E-state index contributed by atoms with van der Waals surface area (Å²) < 4.78 is 0. The minimum Gasteiger partial charge on any atom is -0.383 e. The largest absolute Gasteiger partial charge is 0.383 e. The first-order valence-electron chi connectivity index (χ1n) is 2.16. The number of nitrogens with zero attached hydrogens (tertiary/aromatic N) is 3. The van der Waals surface area contributed by atoms with E-state index in [9.17, 15) is 4.79 Å². The third-order valence-corrected chi connectivity index (χ3v) is 0.646. The maximum Gasteiger partial charge on any atom is 0.246 e. The lowest BCUT2D eigenvalue weighted by atomic mass is 10.3. The van der Waals surface area contributed by atoms with Gasteiger partial charge in [-0.1, -0.05) is 5.11 Å². The Labute approximate surface area is 50.9 Å². The first-order chi connectivity index (χ1) is 4.18. The minimum atomic E-state index is -1.36. The van der Waals surface area contributed by atoms with Crippen LogP contribution >= 0.6 is 0 Å². The highest BCUT2D eigenvalue weighted by molar-refractivity contribution is 5.78. The highest BCUT2D eigenvalue weighted by Crippen LogP contribution is 1.81. The molecule has 0 spiro atoms. The van der Waals surface area contributed by atoms with E-state index < -0.39 is 12.0 Å². The summed E-state index contributed by atoms with van der Waals surface area (Å²) in [5.41, 5.74) is 12.3. The molecule has 0 aliphatic carbocycles. The van der Waals surface area contributed by atoms with Crippen molar-refractivity contribution in [3.63, 3.8) is 0 Å². The molecule has 0 radical (unpaired) electrons. The number of aliphatic hydroxyl groups is 1. The second kappa shape index (κ2) is 3.71. The van der Waals surface area contributed by atoms with Crippen LogP contribution in [0.3, 0.4) is 0 Å². The molecule has 6 nitrogen and oxygen atoms in total. The van der Waals surface area contributed by atoms with Gasteiger partial charge < -0.3 is 10.8 Å². The van der Waals surface area contributed by atoms with Gasteiger partial charge in [0, 0.05) is 4.91 Å². The van der Waals surface area contributed by atoms with Gasteiger partial charge in [0.1, 0.15) is 6.10 Å². The van der Waals surface area contributed by atoms with Gasteiger partial charge in [0.15, 0.2) is 0 Å². The average Bonchev–Trinajstić information content (AvgIpc) is 1.82. The van der Waals surface area contributed by atoms with E-state index in [1.54, 1.807) is 0 Å². The number of primary amides is 1. The molecule has 0 aromatic carbocycles.